The van der Waals surface area contributed by atoms with Gasteiger partial charge in [0.15, 0.2) is 16.8 Å². The van der Waals surface area contributed by atoms with Crippen molar-refractivity contribution in [3.63, 3.8) is 0 Å². The molecule has 0 aliphatic heterocycles. The number of ketones is 1. The molecule has 9 nitrogen and oxygen atoms in total. The molecule has 0 fully saturated rings. The molecule has 11 heteroatoms. The predicted molar refractivity (Wildman–Crippen MR) is 147 cm³/mol. The van der Waals surface area contributed by atoms with Gasteiger partial charge in [-0.05, 0) is 48.7 Å². The first-order chi connectivity index (χ1) is 17.5. The number of carbonyl (C=O) groups excluding carboxylic acids is 1. The number of aromatic nitrogens is 5. The van der Waals surface area contributed by atoms with E-state index in [1.54, 1.807) is 19.1 Å². The second kappa shape index (κ2) is 10.4. The minimum absolute atomic E-state index is 0.168. The highest BCUT2D eigenvalue weighted by Gasteiger charge is 2.28. The number of nitrogens with two attached hydrogens (primary N) is 1. The second-order valence-electron chi connectivity index (χ2n) is 8.95. The molecule has 0 radical (unpaired) electrons. The van der Waals surface area contributed by atoms with Crippen molar-refractivity contribution in [1.29, 1.82) is 0 Å². The van der Waals surface area contributed by atoms with Crippen molar-refractivity contribution >= 4 is 35.0 Å². The van der Waals surface area contributed by atoms with Crippen LogP contribution < -0.4 is 17.0 Å². The van der Waals surface area contributed by atoms with Gasteiger partial charge in [-0.25, -0.2) is 4.79 Å². The molecular formula is C26H27ClN6O3S. The zero-order valence-corrected chi connectivity index (χ0v) is 22.7. The average molecular weight is 539 g/mol. The number of rotatable bonds is 7. The number of nitrogen functional groups attached to an aromatic ring is 1. The lowest BCUT2D eigenvalue weighted by atomic mass is 10.0. The van der Waals surface area contributed by atoms with Gasteiger partial charge in [0.05, 0.1) is 10.9 Å². The quantitative estimate of drug-likeness (QED) is 0.278. The fourth-order valence-corrected chi connectivity index (χ4v) is 5.08. The molecule has 0 unspecified atom stereocenters. The van der Waals surface area contributed by atoms with Gasteiger partial charge >= 0.3 is 5.69 Å². The molecule has 0 spiro atoms. The molecule has 0 amide bonds. The van der Waals surface area contributed by atoms with Crippen LogP contribution >= 0.6 is 23.4 Å². The molecule has 192 valence electrons. The molecule has 4 rings (SSSR count). The standard InChI is InChI=1S/C26H27ClN6O3S/c1-14(2)18-8-6-7-9-19(18)33-23(16-10-12-17(27)13-11-16)29-30-25(33)37-15(3)21(34)20-22(28)31(4)26(36)32(5)24(20)35/h6-15H,28H2,1-5H3/t15-/m1/s1. The maximum absolute atomic E-state index is 13.4. The molecule has 0 aliphatic rings. The summed E-state index contributed by atoms with van der Waals surface area (Å²) >= 11 is 7.27. The molecule has 2 aromatic heterocycles. The lowest BCUT2D eigenvalue weighted by Crippen LogP contribution is -2.42. The van der Waals surface area contributed by atoms with Crippen molar-refractivity contribution < 1.29 is 4.79 Å². The normalized spacial score (nSPS) is 12.2. The van der Waals surface area contributed by atoms with E-state index in [1.165, 1.54) is 14.1 Å². The molecular weight excluding hydrogens is 512 g/mol. The van der Waals surface area contributed by atoms with Gasteiger partial charge in [0.2, 0.25) is 0 Å². The van der Waals surface area contributed by atoms with E-state index in [2.05, 4.69) is 24.0 Å². The first kappa shape index (κ1) is 26.4. The molecule has 2 aromatic carbocycles. The molecule has 2 N–H and O–H groups in total. The summed E-state index contributed by atoms with van der Waals surface area (Å²) in [6.07, 6.45) is 0. The lowest BCUT2D eigenvalue weighted by molar-refractivity contribution is 0.0992. The van der Waals surface area contributed by atoms with Crippen LogP contribution in [0.15, 0.2) is 63.3 Å². The number of carbonyl (C=O) groups is 1. The highest BCUT2D eigenvalue weighted by atomic mass is 35.5. The number of hydrogen-bond acceptors (Lipinski definition) is 7. The zero-order valence-electron chi connectivity index (χ0n) is 21.1. The Morgan fingerprint density at radius 2 is 1.62 bits per heavy atom. The fourth-order valence-electron chi connectivity index (χ4n) is 4.04. The second-order valence-corrected chi connectivity index (χ2v) is 10.7. The first-order valence-electron chi connectivity index (χ1n) is 11.6. The number of Topliss-reactive ketones (excluding diaryl/α,β-unsaturated/α-hetero) is 1. The predicted octanol–water partition coefficient (Wildman–Crippen LogP) is 4.05. The minimum Gasteiger partial charge on any atom is -0.384 e. The summed E-state index contributed by atoms with van der Waals surface area (Å²) < 4.78 is 3.88. The summed E-state index contributed by atoms with van der Waals surface area (Å²) in [5.41, 5.74) is 7.23. The summed E-state index contributed by atoms with van der Waals surface area (Å²) in [5, 5.41) is 9.20. The number of thioether (sulfide) groups is 1. The molecule has 0 aliphatic carbocycles. The fraction of sp³-hybridized carbons (Fsp3) is 0.269. The third-order valence-corrected chi connectivity index (χ3v) is 7.44. The van der Waals surface area contributed by atoms with Crippen LogP contribution in [0.1, 0.15) is 42.6 Å². The molecule has 37 heavy (non-hydrogen) atoms. The Hall–Kier alpha value is -3.63. The summed E-state index contributed by atoms with van der Waals surface area (Å²) in [6.45, 7) is 5.87. The lowest BCUT2D eigenvalue weighted by Gasteiger charge is -2.18. The van der Waals surface area contributed by atoms with Crippen LogP contribution in [-0.4, -0.2) is 34.9 Å². The van der Waals surface area contributed by atoms with E-state index in [0.29, 0.717) is 16.0 Å². The van der Waals surface area contributed by atoms with Crippen LogP contribution in [-0.2, 0) is 14.1 Å². The SMILES string of the molecule is CC(C)c1ccccc1-n1c(S[C@H](C)C(=O)c2c(N)n(C)c(=O)n(C)c2=O)nnc1-c1ccc(Cl)cc1. The van der Waals surface area contributed by atoms with E-state index < -0.39 is 22.3 Å². The van der Waals surface area contributed by atoms with Gasteiger partial charge in [-0.3, -0.25) is 23.3 Å². The van der Waals surface area contributed by atoms with Gasteiger partial charge < -0.3 is 5.73 Å². The monoisotopic (exact) mass is 538 g/mol. The van der Waals surface area contributed by atoms with Crippen LogP contribution in [0.4, 0.5) is 5.82 Å². The summed E-state index contributed by atoms with van der Waals surface area (Å²) in [6, 6.07) is 15.2. The van der Waals surface area contributed by atoms with Crippen molar-refractivity contribution in [2.45, 2.75) is 37.1 Å². The van der Waals surface area contributed by atoms with Crippen LogP contribution in [0.3, 0.4) is 0 Å². The smallest absolute Gasteiger partial charge is 0.332 e. The molecule has 0 bridgehead atoms. The van der Waals surface area contributed by atoms with E-state index in [0.717, 1.165) is 37.7 Å². The van der Waals surface area contributed by atoms with Gasteiger partial charge in [-0.2, -0.15) is 0 Å². The number of nitrogens with zero attached hydrogens (tertiary/aromatic N) is 5. The van der Waals surface area contributed by atoms with Crippen LogP contribution in [0.5, 0.6) is 0 Å². The Morgan fingerprint density at radius 3 is 2.27 bits per heavy atom. The third-order valence-electron chi connectivity index (χ3n) is 6.14. The number of para-hydroxylation sites is 1. The van der Waals surface area contributed by atoms with Gasteiger partial charge in [0, 0.05) is 24.7 Å². The van der Waals surface area contributed by atoms with E-state index in [-0.39, 0.29) is 17.3 Å². The minimum atomic E-state index is -0.750. The topological polar surface area (TPSA) is 118 Å². The highest BCUT2D eigenvalue weighted by Crippen LogP contribution is 2.34. The van der Waals surface area contributed by atoms with E-state index in [9.17, 15) is 14.4 Å². The Labute approximate surface area is 222 Å². The maximum atomic E-state index is 13.4. The third kappa shape index (κ3) is 4.86. The van der Waals surface area contributed by atoms with Gasteiger partial charge in [-0.1, -0.05) is 55.4 Å². The van der Waals surface area contributed by atoms with E-state index in [4.69, 9.17) is 17.3 Å². The molecule has 0 saturated heterocycles. The van der Waals surface area contributed by atoms with Crippen molar-refractivity contribution in [2.75, 3.05) is 5.73 Å². The summed E-state index contributed by atoms with van der Waals surface area (Å²) in [5.74, 6) is 0.129. The Morgan fingerprint density at radius 1 is 0.973 bits per heavy atom. The first-order valence-corrected chi connectivity index (χ1v) is 12.9. The van der Waals surface area contributed by atoms with Gasteiger partial charge in [0.25, 0.3) is 5.56 Å². The number of hydrogen-bond donors (Lipinski definition) is 1. The van der Waals surface area contributed by atoms with Crippen molar-refractivity contribution in [3.8, 4) is 17.1 Å². The Balaban J connectivity index is 1.83. The molecule has 0 saturated carbocycles. The molecule has 4 aromatic rings. The van der Waals surface area contributed by atoms with Crippen LogP contribution in [0, 0.1) is 0 Å². The maximum Gasteiger partial charge on any atom is 0.332 e. The van der Waals surface area contributed by atoms with Gasteiger partial charge in [0.1, 0.15) is 11.4 Å². The Bertz CT molecular complexity index is 1600. The largest absolute Gasteiger partial charge is 0.384 e. The van der Waals surface area contributed by atoms with Crippen molar-refractivity contribution in [1.82, 2.24) is 23.9 Å². The summed E-state index contributed by atoms with van der Waals surface area (Å²) in [7, 11) is 2.74. The van der Waals surface area contributed by atoms with Gasteiger partial charge in [-0.15, -0.1) is 10.2 Å². The average Bonchev–Trinajstić information content (AvgIpc) is 3.29. The highest BCUT2D eigenvalue weighted by molar-refractivity contribution is 8.00. The number of anilines is 1. The number of halogens is 1. The van der Waals surface area contributed by atoms with E-state index in [1.807, 2.05) is 41.0 Å². The zero-order chi connectivity index (χ0) is 27.0. The van der Waals surface area contributed by atoms with Crippen LogP contribution in [0.2, 0.25) is 5.02 Å². The van der Waals surface area contributed by atoms with Crippen molar-refractivity contribution in [2.24, 2.45) is 14.1 Å². The summed E-state index contributed by atoms with van der Waals surface area (Å²) in [4.78, 5) is 38.4. The van der Waals surface area contributed by atoms with Crippen LogP contribution in [0.25, 0.3) is 17.1 Å². The molecule has 1 atom stereocenters. The Kier molecular flexibility index (Phi) is 7.42. The van der Waals surface area contributed by atoms with E-state index >= 15 is 0 Å². The van der Waals surface area contributed by atoms with Crippen molar-refractivity contribution in [3.05, 3.63) is 85.5 Å². The number of benzene rings is 2. The molecule has 2 heterocycles.